The second-order valence-corrected chi connectivity index (χ2v) is 9.03. The van der Waals surface area contributed by atoms with Gasteiger partial charge < -0.3 is 5.32 Å². The standard InChI is InChI=1S/C21H18ClN3O3S/c22-14-5-3-11(4-6-14)15(10-16(26)24-21-23-7-8-29-21)25-19(27)17-12-1-2-13(9-12)18(17)20(25)28/h1-8,12-13,15,17-18H,9-10H2,(H,23,24,26). The first-order valence-corrected chi connectivity index (χ1v) is 10.8. The fraction of sp³-hybridized carbons (Fsp3) is 0.333. The van der Waals surface area contributed by atoms with Crippen molar-refractivity contribution in [3.63, 3.8) is 0 Å². The Bertz CT molecular complexity index is 975. The number of hydrogen-bond acceptors (Lipinski definition) is 5. The number of fused-ring (bicyclic) bond motifs is 5. The van der Waals surface area contributed by atoms with E-state index in [0.29, 0.717) is 15.7 Å². The van der Waals surface area contributed by atoms with Gasteiger partial charge in [0.1, 0.15) is 0 Å². The number of imide groups is 1. The molecule has 1 aromatic carbocycles. The molecule has 29 heavy (non-hydrogen) atoms. The van der Waals surface area contributed by atoms with E-state index in [1.807, 2.05) is 0 Å². The van der Waals surface area contributed by atoms with Crippen molar-refractivity contribution in [2.75, 3.05) is 5.32 Å². The van der Waals surface area contributed by atoms with Crippen molar-refractivity contribution < 1.29 is 14.4 Å². The third-order valence-corrected chi connectivity index (χ3v) is 7.07. The van der Waals surface area contributed by atoms with E-state index in [9.17, 15) is 14.4 Å². The highest BCUT2D eigenvalue weighted by Gasteiger charge is 2.60. The fourth-order valence-corrected chi connectivity index (χ4v) is 5.58. The summed E-state index contributed by atoms with van der Waals surface area (Å²) in [6.07, 6.45) is 6.58. The van der Waals surface area contributed by atoms with Gasteiger partial charge in [-0.05, 0) is 36.0 Å². The van der Waals surface area contributed by atoms with Crippen molar-refractivity contribution in [1.82, 2.24) is 9.88 Å². The van der Waals surface area contributed by atoms with Crippen LogP contribution in [0, 0.1) is 23.7 Å². The van der Waals surface area contributed by atoms with E-state index >= 15 is 0 Å². The zero-order valence-electron chi connectivity index (χ0n) is 15.3. The third-order valence-electron chi connectivity index (χ3n) is 6.13. The van der Waals surface area contributed by atoms with Gasteiger partial charge in [0, 0.05) is 16.6 Å². The number of nitrogens with one attached hydrogen (secondary N) is 1. The van der Waals surface area contributed by atoms with Crippen LogP contribution in [0.4, 0.5) is 5.13 Å². The van der Waals surface area contributed by atoms with Crippen molar-refractivity contribution in [3.05, 3.63) is 58.6 Å². The van der Waals surface area contributed by atoms with Crippen LogP contribution in [-0.4, -0.2) is 27.6 Å². The molecule has 2 heterocycles. The molecular weight excluding hydrogens is 410 g/mol. The van der Waals surface area contributed by atoms with E-state index < -0.39 is 6.04 Å². The van der Waals surface area contributed by atoms with E-state index in [1.54, 1.807) is 35.8 Å². The van der Waals surface area contributed by atoms with Crippen molar-refractivity contribution in [2.45, 2.75) is 18.9 Å². The van der Waals surface area contributed by atoms with E-state index in [-0.39, 0.29) is 47.8 Å². The molecule has 2 fully saturated rings. The lowest BCUT2D eigenvalue weighted by Gasteiger charge is -2.28. The second kappa shape index (κ2) is 7.07. The van der Waals surface area contributed by atoms with Gasteiger partial charge in [-0.1, -0.05) is 35.9 Å². The fourth-order valence-electron chi connectivity index (χ4n) is 4.91. The van der Waals surface area contributed by atoms with Crippen LogP contribution in [0.5, 0.6) is 0 Å². The largest absolute Gasteiger partial charge is 0.302 e. The Hall–Kier alpha value is -2.51. The summed E-state index contributed by atoms with van der Waals surface area (Å²) < 4.78 is 0. The van der Waals surface area contributed by atoms with Gasteiger partial charge in [-0.2, -0.15) is 0 Å². The molecule has 1 saturated carbocycles. The highest BCUT2D eigenvalue weighted by atomic mass is 35.5. The molecule has 2 aromatic rings. The molecule has 1 aromatic heterocycles. The molecule has 2 bridgehead atoms. The molecule has 3 amide bonds. The lowest BCUT2D eigenvalue weighted by Crippen LogP contribution is -2.38. The SMILES string of the molecule is O=C(CC(c1ccc(Cl)cc1)N1C(=O)C2C3C=CC(C3)C2C1=O)Nc1nccs1. The zero-order chi connectivity index (χ0) is 20.1. The minimum absolute atomic E-state index is 0.0269. The highest BCUT2D eigenvalue weighted by molar-refractivity contribution is 7.13. The quantitative estimate of drug-likeness (QED) is 0.583. The van der Waals surface area contributed by atoms with E-state index in [0.717, 1.165) is 6.42 Å². The van der Waals surface area contributed by atoms with Crippen LogP contribution >= 0.6 is 22.9 Å². The smallest absolute Gasteiger partial charge is 0.234 e. The molecule has 0 radical (unpaired) electrons. The molecule has 2 aliphatic carbocycles. The van der Waals surface area contributed by atoms with Crippen LogP contribution in [0.1, 0.15) is 24.4 Å². The molecule has 5 unspecified atom stereocenters. The zero-order valence-corrected chi connectivity index (χ0v) is 16.9. The number of thiazole rings is 1. The molecule has 3 aliphatic rings. The van der Waals surface area contributed by atoms with Crippen LogP contribution in [0.2, 0.25) is 5.02 Å². The van der Waals surface area contributed by atoms with Gasteiger partial charge >= 0.3 is 0 Å². The number of halogens is 1. The molecule has 0 spiro atoms. The lowest BCUT2D eigenvalue weighted by molar-refractivity contribution is -0.144. The normalized spacial score (nSPS) is 28.1. The average Bonchev–Trinajstić information content (AvgIpc) is 3.47. The predicted molar refractivity (Wildman–Crippen MR) is 109 cm³/mol. The number of carbonyl (C=O) groups excluding carboxylic acids is 3. The van der Waals surface area contributed by atoms with Gasteiger partial charge in [0.25, 0.3) is 0 Å². The number of benzene rings is 1. The summed E-state index contributed by atoms with van der Waals surface area (Å²) in [7, 11) is 0. The predicted octanol–water partition coefficient (Wildman–Crippen LogP) is 3.67. The van der Waals surface area contributed by atoms with Gasteiger partial charge in [0.2, 0.25) is 17.7 Å². The molecule has 148 valence electrons. The number of carbonyl (C=O) groups is 3. The first-order valence-electron chi connectivity index (χ1n) is 9.53. The van der Waals surface area contributed by atoms with E-state index in [4.69, 9.17) is 11.6 Å². The van der Waals surface area contributed by atoms with E-state index in [1.165, 1.54) is 16.2 Å². The number of anilines is 1. The Labute approximate surface area is 176 Å². The van der Waals surface area contributed by atoms with Crippen molar-refractivity contribution in [1.29, 1.82) is 0 Å². The summed E-state index contributed by atoms with van der Waals surface area (Å²) >= 11 is 7.33. The number of aromatic nitrogens is 1. The molecular formula is C21H18ClN3O3S. The van der Waals surface area contributed by atoms with Crippen molar-refractivity contribution in [2.24, 2.45) is 23.7 Å². The van der Waals surface area contributed by atoms with E-state index in [2.05, 4.69) is 22.5 Å². The summed E-state index contributed by atoms with van der Waals surface area (Å²) in [4.78, 5) is 44.6. The minimum Gasteiger partial charge on any atom is -0.302 e. The first kappa shape index (κ1) is 18.5. The summed E-state index contributed by atoms with van der Waals surface area (Å²) in [6, 6.07) is 6.28. The maximum atomic E-state index is 13.3. The van der Waals surface area contributed by atoms with Crippen LogP contribution in [-0.2, 0) is 14.4 Å². The summed E-state index contributed by atoms with van der Waals surface area (Å²) in [5.74, 6) is -0.970. The topological polar surface area (TPSA) is 79.4 Å². The monoisotopic (exact) mass is 427 g/mol. The summed E-state index contributed by atoms with van der Waals surface area (Å²) in [6.45, 7) is 0. The maximum absolute atomic E-state index is 13.3. The Morgan fingerprint density at radius 3 is 2.41 bits per heavy atom. The Kier molecular flexibility index (Phi) is 4.52. The Morgan fingerprint density at radius 2 is 1.83 bits per heavy atom. The lowest BCUT2D eigenvalue weighted by atomic mass is 9.85. The van der Waals surface area contributed by atoms with Crippen LogP contribution in [0.3, 0.4) is 0 Å². The number of rotatable bonds is 5. The van der Waals surface area contributed by atoms with Crippen LogP contribution in [0.15, 0.2) is 48.0 Å². The van der Waals surface area contributed by atoms with Gasteiger partial charge in [-0.3, -0.25) is 19.3 Å². The van der Waals surface area contributed by atoms with Crippen molar-refractivity contribution >= 4 is 45.8 Å². The third kappa shape index (κ3) is 3.09. The number of likely N-dealkylation sites (tertiary alicyclic amines) is 1. The summed E-state index contributed by atoms with van der Waals surface area (Å²) in [5, 5.41) is 5.56. The molecule has 1 saturated heterocycles. The second-order valence-electron chi connectivity index (χ2n) is 7.70. The molecule has 1 N–H and O–H groups in total. The number of allylic oxidation sites excluding steroid dienone is 2. The minimum atomic E-state index is -0.669. The van der Waals surface area contributed by atoms with Crippen molar-refractivity contribution in [3.8, 4) is 0 Å². The summed E-state index contributed by atoms with van der Waals surface area (Å²) in [5.41, 5.74) is 0.714. The molecule has 5 atom stereocenters. The number of amides is 3. The average molecular weight is 428 g/mol. The Balaban J connectivity index is 1.45. The Morgan fingerprint density at radius 1 is 1.17 bits per heavy atom. The number of nitrogens with zero attached hydrogens (tertiary/aromatic N) is 2. The van der Waals surface area contributed by atoms with Crippen LogP contribution in [0.25, 0.3) is 0 Å². The molecule has 6 nitrogen and oxygen atoms in total. The van der Waals surface area contributed by atoms with Gasteiger partial charge in [-0.25, -0.2) is 4.98 Å². The molecule has 5 rings (SSSR count). The maximum Gasteiger partial charge on any atom is 0.234 e. The van der Waals surface area contributed by atoms with Crippen LogP contribution < -0.4 is 5.32 Å². The first-order chi connectivity index (χ1) is 14.0. The van der Waals surface area contributed by atoms with Gasteiger partial charge in [-0.15, -0.1) is 11.3 Å². The van der Waals surface area contributed by atoms with Gasteiger partial charge in [0.05, 0.1) is 24.3 Å². The molecule has 8 heteroatoms. The number of hydrogen-bond donors (Lipinski definition) is 1. The molecule has 1 aliphatic heterocycles. The van der Waals surface area contributed by atoms with Gasteiger partial charge in [0.15, 0.2) is 5.13 Å². The highest BCUT2D eigenvalue weighted by Crippen LogP contribution is 2.54.